The van der Waals surface area contributed by atoms with E-state index in [0.29, 0.717) is 0 Å². The number of piperidine rings is 1. The molecule has 1 saturated heterocycles. The van der Waals surface area contributed by atoms with Crippen LogP contribution in [0.25, 0.3) is 0 Å². The minimum Gasteiger partial charge on any atom is -0.367 e. The van der Waals surface area contributed by atoms with Crippen LogP contribution in [0.1, 0.15) is 47.5 Å². The second-order valence-electron chi connectivity index (χ2n) is 6.40. The third-order valence-electron chi connectivity index (χ3n) is 3.71. The van der Waals surface area contributed by atoms with E-state index in [0.717, 1.165) is 0 Å². The summed E-state index contributed by atoms with van der Waals surface area (Å²) < 4.78 is 0. The third kappa shape index (κ3) is 4.18. The van der Waals surface area contributed by atoms with Crippen LogP contribution < -0.4 is 0 Å². The maximum atomic E-state index is 11.7. The van der Waals surface area contributed by atoms with Gasteiger partial charge in [-0.3, -0.25) is 4.79 Å². The largest absolute Gasteiger partial charge is 0.367 e. The van der Waals surface area contributed by atoms with Crippen LogP contribution in [0.5, 0.6) is 0 Å². The van der Waals surface area contributed by atoms with E-state index in [1.54, 1.807) is 20.8 Å². The van der Waals surface area contributed by atoms with Crippen molar-refractivity contribution in [2.24, 2.45) is 0 Å². The summed E-state index contributed by atoms with van der Waals surface area (Å²) in [6.07, 6.45) is -2.40. The summed E-state index contributed by atoms with van der Waals surface area (Å²) in [6.45, 7) is 8.05. The topological polar surface area (TPSA) is 134 Å². The summed E-state index contributed by atoms with van der Waals surface area (Å²) in [5.41, 5.74) is -2.09. The highest BCUT2D eigenvalue weighted by molar-refractivity contribution is 5.68. The van der Waals surface area contributed by atoms with Gasteiger partial charge >= 0.3 is 5.97 Å². The Balaban J connectivity index is 3.22. The predicted molar refractivity (Wildman–Crippen MR) is 74.7 cm³/mol. The maximum Gasteiger partial charge on any atom is 0.324 e. The van der Waals surface area contributed by atoms with Crippen LogP contribution in [0.15, 0.2) is 0 Å². The Bertz CT molecular complexity index is 493. The van der Waals surface area contributed by atoms with Crippen molar-refractivity contribution in [2.75, 3.05) is 0 Å². The Hall–Kier alpha value is -2.17. The molecule has 11 nitrogen and oxygen atoms in total. The molecule has 0 aromatic carbocycles. The zero-order chi connectivity index (χ0) is 18.0. The van der Waals surface area contributed by atoms with Gasteiger partial charge in [0.05, 0.1) is 11.1 Å². The normalized spacial score (nSPS) is 26.1. The second-order valence-corrected chi connectivity index (χ2v) is 6.40. The average Bonchev–Trinajstić information content (AvgIpc) is 2.38. The summed E-state index contributed by atoms with van der Waals surface area (Å²) in [5, 5.41) is 20.7. The van der Waals surface area contributed by atoms with Gasteiger partial charge in [0.2, 0.25) is 0 Å². The summed E-state index contributed by atoms with van der Waals surface area (Å²) in [4.78, 5) is 47.6. The van der Waals surface area contributed by atoms with E-state index in [1.807, 2.05) is 0 Å². The molecule has 2 atom stereocenters. The number of carbonyl (C=O) groups is 1. The van der Waals surface area contributed by atoms with Crippen LogP contribution in [0.2, 0.25) is 0 Å². The molecule has 0 spiro atoms. The van der Waals surface area contributed by atoms with Crippen molar-refractivity contribution in [1.29, 1.82) is 0 Å². The van der Waals surface area contributed by atoms with E-state index in [9.17, 15) is 25.0 Å². The second kappa shape index (κ2) is 6.52. The fourth-order valence-corrected chi connectivity index (χ4v) is 2.93. The molecule has 0 aromatic heterocycles. The molecule has 1 aliphatic heterocycles. The zero-order valence-corrected chi connectivity index (χ0v) is 13.7. The van der Waals surface area contributed by atoms with Gasteiger partial charge in [-0.15, -0.1) is 25.3 Å². The van der Waals surface area contributed by atoms with Gasteiger partial charge in [-0.05, 0) is 34.1 Å². The molecule has 0 amide bonds. The molecule has 0 radical (unpaired) electrons. The number of hydrogen-bond acceptors (Lipinski definition) is 9. The minimum absolute atomic E-state index is 0.00703. The smallest absolute Gasteiger partial charge is 0.324 e. The lowest BCUT2D eigenvalue weighted by Gasteiger charge is -2.54. The lowest BCUT2D eigenvalue weighted by Crippen LogP contribution is -2.70. The SMILES string of the molecule is CCC(=O)ON1C(C)(C)CC(O[N+](=O)[O-])C(O[N+](=O)[O-])C1(C)C. The van der Waals surface area contributed by atoms with Crippen molar-refractivity contribution < 1.29 is 29.5 Å². The lowest BCUT2D eigenvalue weighted by atomic mass is 9.78. The molecule has 2 unspecified atom stereocenters. The van der Waals surface area contributed by atoms with E-state index >= 15 is 0 Å². The standard InChI is InChI=1S/C12H21N3O8/c1-6-9(16)22-13-11(2,3)7-8(21-14(17)18)10(12(13,4)5)23-15(19)20/h8,10H,6-7H2,1-5H3. The summed E-state index contributed by atoms with van der Waals surface area (Å²) in [7, 11) is 0. The molecular weight excluding hydrogens is 314 g/mol. The van der Waals surface area contributed by atoms with Crippen LogP contribution in [0, 0.1) is 20.2 Å². The van der Waals surface area contributed by atoms with E-state index in [4.69, 9.17) is 4.84 Å². The quantitative estimate of drug-likeness (QED) is 0.519. The molecule has 0 bridgehead atoms. The first-order chi connectivity index (χ1) is 10.4. The molecule has 0 aromatic rings. The minimum atomic E-state index is -1.32. The number of hydrogen-bond donors (Lipinski definition) is 0. The zero-order valence-electron chi connectivity index (χ0n) is 13.7. The highest BCUT2D eigenvalue weighted by atomic mass is 17.0. The molecule has 23 heavy (non-hydrogen) atoms. The van der Waals surface area contributed by atoms with Crippen LogP contribution in [-0.2, 0) is 19.3 Å². The highest BCUT2D eigenvalue weighted by Crippen LogP contribution is 2.41. The third-order valence-corrected chi connectivity index (χ3v) is 3.71. The van der Waals surface area contributed by atoms with Crippen LogP contribution in [-0.4, -0.2) is 44.5 Å². The van der Waals surface area contributed by atoms with Gasteiger partial charge in [0.15, 0.2) is 6.10 Å². The van der Waals surface area contributed by atoms with Crippen molar-refractivity contribution in [1.82, 2.24) is 5.06 Å². The van der Waals surface area contributed by atoms with Gasteiger partial charge in [0, 0.05) is 6.42 Å². The molecule has 0 saturated carbocycles. The summed E-state index contributed by atoms with van der Waals surface area (Å²) >= 11 is 0. The number of hydroxylamine groups is 2. The van der Waals surface area contributed by atoms with Crippen molar-refractivity contribution in [3.63, 3.8) is 0 Å². The molecule has 132 valence electrons. The van der Waals surface area contributed by atoms with E-state index in [-0.39, 0.29) is 12.8 Å². The maximum absolute atomic E-state index is 11.7. The van der Waals surface area contributed by atoms with Crippen LogP contribution >= 0.6 is 0 Å². The van der Waals surface area contributed by atoms with Crippen LogP contribution in [0.4, 0.5) is 0 Å². The van der Waals surface area contributed by atoms with Crippen molar-refractivity contribution in [3.8, 4) is 0 Å². The lowest BCUT2D eigenvalue weighted by molar-refractivity contribution is -0.804. The first-order valence-corrected chi connectivity index (χ1v) is 7.05. The molecule has 11 heteroatoms. The van der Waals surface area contributed by atoms with Gasteiger partial charge in [0.1, 0.15) is 6.10 Å². The van der Waals surface area contributed by atoms with Crippen molar-refractivity contribution >= 4 is 5.97 Å². The number of nitrogens with zero attached hydrogens (tertiary/aromatic N) is 3. The predicted octanol–water partition coefficient (Wildman–Crippen LogP) is 1.27. The van der Waals surface area contributed by atoms with Gasteiger partial charge in [-0.25, -0.2) is 0 Å². The first-order valence-electron chi connectivity index (χ1n) is 7.05. The Morgan fingerprint density at radius 1 is 1.17 bits per heavy atom. The highest BCUT2D eigenvalue weighted by Gasteiger charge is 2.57. The van der Waals surface area contributed by atoms with Crippen LogP contribution in [0.3, 0.4) is 0 Å². The fraction of sp³-hybridized carbons (Fsp3) is 0.917. The molecule has 1 rings (SSSR count). The number of rotatable bonds is 6. The molecule has 1 aliphatic rings. The summed E-state index contributed by atoms with van der Waals surface area (Å²) in [6, 6.07) is 0. The monoisotopic (exact) mass is 335 g/mol. The Kier molecular flexibility index (Phi) is 5.35. The fourth-order valence-electron chi connectivity index (χ4n) is 2.93. The Labute approximate surface area is 132 Å². The Morgan fingerprint density at radius 3 is 2.13 bits per heavy atom. The number of carbonyl (C=O) groups excluding carboxylic acids is 1. The molecule has 0 aliphatic carbocycles. The molecule has 0 N–H and O–H groups in total. The van der Waals surface area contributed by atoms with E-state index < -0.39 is 39.4 Å². The van der Waals surface area contributed by atoms with Crippen molar-refractivity contribution in [3.05, 3.63) is 20.2 Å². The van der Waals surface area contributed by atoms with E-state index in [1.165, 1.54) is 18.9 Å². The molecule has 1 fully saturated rings. The van der Waals surface area contributed by atoms with Gasteiger partial charge in [-0.1, -0.05) is 6.92 Å². The molecule has 1 heterocycles. The average molecular weight is 335 g/mol. The Morgan fingerprint density at radius 2 is 1.70 bits per heavy atom. The van der Waals surface area contributed by atoms with E-state index in [2.05, 4.69) is 9.68 Å². The van der Waals surface area contributed by atoms with Crippen molar-refractivity contribution in [2.45, 2.75) is 70.7 Å². The molecular formula is C12H21N3O8. The summed E-state index contributed by atoms with van der Waals surface area (Å²) in [5.74, 6) is -0.528. The first kappa shape index (κ1) is 18.9. The van der Waals surface area contributed by atoms with Gasteiger partial charge < -0.3 is 14.5 Å². The van der Waals surface area contributed by atoms with Gasteiger partial charge in [0.25, 0.3) is 10.2 Å². The van der Waals surface area contributed by atoms with Gasteiger partial charge in [-0.2, -0.15) is 0 Å².